The van der Waals surface area contributed by atoms with Crippen LogP contribution >= 0.6 is 0 Å². The zero-order valence-electron chi connectivity index (χ0n) is 32.3. The van der Waals surface area contributed by atoms with Gasteiger partial charge in [0.1, 0.15) is 0 Å². The molecule has 0 fully saturated rings. The number of allylic oxidation sites excluding steroid dienone is 8. The molecule has 0 spiro atoms. The van der Waals surface area contributed by atoms with Crippen LogP contribution in [0.1, 0.15) is 93.7 Å². The summed E-state index contributed by atoms with van der Waals surface area (Å²) < 4.78 is 0. The first kappa shape index (κ1) is 34.1. The van der Waals surface area contributed by atoms with Crippen LogP contribution in [0.3, 0.4) is 0 Å². The van der Waals surface area contributed by atoms with E-state index in [2.05, 4.69) is 197 Å². The topological polar surface area (TPSA) is 3.24 Å². The van der Waals surface area contributed by atoms with Gasteiger partial charge in [0.2, 0.25) is 0 Å². The Morgan fingerprint density at radius 3 is 1.80 bits per heavy atom. The molecule has 0 bridgehead atoms. The number of nitrogens with zero attached hydrogens (tertiary/aromatic N) is 1. The lowest BCUT2D eigenvalue weighted by molar-refractivity contribution is 0.588. The molecule has 0 saturated carbocycles. The van der Waals surface area contributed by atoms with Crippen molar-refractivity contribution in [3.8, 4) is 11.1 Å². The largest absolute Gasteiger partial charge is 0.313 e. The van der Waals surface area contributed by atoms with Gasteiger partial charge in [-0.15, -0.1) is 0 Å². The number of benzene rings is 6. The van der Waals surface area contributed by atoms with E-state index in [1.165, 1.54) is 89.1 Å². The second-order valence-electron chi connectivity index (χ2n) is 16.8. The minimum Gasteiger partial charge on any atom is -0.313 e. The monoisotopic (exact) mass is 699 g/mol. The van der Waals surface area contributed by atoms with Crippen molar-refractivity contribution in [1.82, 2.24) is 0 Å². The first-order chi connectivity index (χ1) is 26.2. The van der Waals surface area contributed by atoms with Crippen LogP contribution in [0.15, 0.2) is 163 Å². The SMILES string of the molecule is CC(C)(C)c1ccccc1C1=CC=C(N(c2ccc(C3=CC=C(c4ccccc4)CC3)cc2)c2c3c(cc4ccccc24)C(C)(C)c2ccccc2-3)CC1. The zero-order valence-corrected chi connectivity index (χ0v) is 32.3. The summed E-state index contributed by atoms with van der Waals surface area (Å²) >= 11 is 0. The highest BCUT2D eigenvalue weighted by atomic mass is 15.2. The molecule has 0 amide bonds. The molecule has 266 valence electrons. The van der Waals surface area contributed by atoms with Crippen LogP contribution < -0.4 is 4.90 Å². The molecular formula is C53H49N. The molecule has 3 aliphatic carbocycles. The minimum absolute atomic E-state index is 0.0750. The molecule has 6 aromatic rings. The van der Waals surface area contributed by atoms with E-state index in [-0.39, 0.29) is 10.8 Å². The van der Waals surface area contributed by atoms with E-state index in [0.717, 1.165) is 25.7 Å². The van der Waals surface area contributed by atoms with Crippen LogP contribution in [0.5, 0.6) is 0 Å². The summed E-state index contributed by atoms with van der Waals surface area (Å²) in [7, 11) is 0. The highest BCUT2D eigenvalue weighted by molar-refractivity contribution is 6.08. The Morgan fingerprint density at radius 1 is 0.519 bits per heavy atom. The molecule has 1 heteroatoms. The van der Waals surface area contributed by atoms with E-state index in [4.69, 9.17) is 0 Å². The molecule has 6 aromatic carbocycles. The maximum atomic E-state index is 2.61. The van der Waals surface area contributed by atoms with E-state index in [9.17, 15) is 0 Å². The van der Waals surface area contributed by atoms with E-state index in [1.54, 1.807) is 0 Å². The Bertz CT molecular complexity index is 2530. The second-order valence-corrected chi connectivity index (χ2v) is 16.8. The molecule has 3 aliphatic rings. The van der Waals surface area contributed by atoms with Crippen molar-refractivity contribution < 1.29 is 0 Å². The highest BCUT2D eigenvalue weighted by Gasteiger charge is 2.39. The summed E-state index contributed by atoms with van der Waals surface area (Å²) in [6, 6.07) is 49.8. The number of anilines is 2. The summed E-state index contributed by atoms with van der Waals surface area (Å²) in [5.41, 5.74) is 18.9. The summed E-state index contributed by atoms with van der Waals surface area (Å²) in [6.45, 7) is 11.8. The lowest BCUT2D eigenvalue weighted by atomic mass is 9.80. The fraction of sp³-hybridized carbons (Fsp3) is 0.208. The summed E-state index contributed by atoms with van der Waals surface area (Å²) in [5, 5.41) is 2.57. The summed E-state index contributed by atoms with van der Waals surface area (Å²) in [4.78, 5) is 2.61. The van der Waals surface area contributed by atoms with Crippen molar-refractivity contribution in [2.24, 2.45) is 0 Å². The fourth-order valence-corrected chi connectivity index (χ4v) is 9.21. The average Bonchev–Trinajstić information content (AvgIpc) is 3.44. The van der Waals surface area contributed by atoms with E-state index in [1.807, 2.05) is 0 Å². The van der Waals surface area contributed by atoms with E-state index < -0.39 is 0 Å². The van der Waals surface area contributed by atoms with Crippen molar-refractivity contribution in [1.29, 1.82) is 0 Å². The maximum absolute atomic E-state index is 2.61. The lowest BCUT2D eigenvalue weighted by Gasteiger charge is -2.34. The Kier molecular flexibility index (Phi) is 8.42. The Balaban J connectivity index is 1.21. The van der Waals surface area contributed by atoms with E-state index >= 15 is 0 Å². The van der Waals surface area contributed by atoms with Gasteiger partial charge < -0.3 is 4.90 Å². The van der Waals surface area contributed by atoms with Gasteiger partial charge >= 0.3 is 0 Å². The zero-order chi connectivity index (χ0) is 37.0. The minimum atomic E-state index is -0.107. The first-order valence-corrected chi connectivity index (χ1v) is 19.7. The van der Waals surface area contributed by atoms with Crippen molar-refractivity contribution in [2.75, 3.05) is 4.90 Å². The molecule has 0 aromatic heterocycles. The van der Waals surface area contributed by atoms with Crippen LogP contribution in [0, 0.1) is 0 Å². The molecular weight excluding hydrogens is 651 g/mol. The van der Waals surface area contributed by atoms with Crippen molar-refractivity contribution in [3.63, 3.8) is 0 Å². The van der Waals surface area contributed by atoms with Gasteiger partial charge in [0.25, 0.3) is 0 Å². The Hall–Kier alpha value is -5.66. The predicted octanol–water partition coefficient (Wildman–Crippen LogP) is 14.6. The third-order valence-electron chi connectivity index (χ3n) is 12.1. The molecule has 1 nitrogen and oxygen atoms in total. The normalized spacial score (nSPS) is 16.2. The number of fused-ring (bicyclic) bond motifs is 4. The van der Waals surface area contributed by atoms with Crippen LogP contribution in [-0.2, 0) is 10.8 Å². The van der Waals surface area contributed by atoms with Gasteiger partial charge in [-0.3, -0.25) is 0 Å². The molecule has 54 heavy (non-hydrogen) atoms. The van der Waals surface area contributed by atoms with Crippen LogP contribution in [0.4, 0.5) is 11.4 Å². The molecule has 0 aliphatic heterocycles. The van der Waals surface area contributed by atoms with Crippen molar-refractivity contribution in [3.05, 3.63) is 197 Å². The van der Waals surface area contributed by atoms with Gasteiger partial charge in [-0.2, -0.15) is 0 Å². The molecule has 0 heterocycles. The fourth-order valence-electron chi connectivity index (χ4n) is 9.21. The van der Waals surface area contributed by atoms with Gasteiger partial charge in [-0.1, -0.05) is 168 Å². The number of hydrogen-bond donors (Lipinski definition) is 0. The standard InChI is InChI=1S/C53H49N/c1-52(2,3)47-21-13-11-18-44(47)40-29-33-43(34-30-40)54(42-31-27-39(28-32-42)38-25-23-37(24-26-38)36-15-7-6-8-16-36)51-45-19-10-9-17-41(45)35-49-50(51)46-20-12-14-22-48(46)53(49,4)5/h6-23,25,27-29,31-33,35H,24,26,30,34H2,1-5H3. The third kappa shape index (κ3) is 5.87. The van der Waals surface area contributed by atoms with Crippen molar-refractivity contribution >= 4 is 38.9 Å². The maximum Gasteiger partial charge on any atom is 0.0618 e. The predicted molar refractivity (Wildman–Crippen MR) is 232 cm³/mol. The first-order valence-electron chi connectivity index (χ1n) is 19.7. The van der Waals surface area contributed by atoms with Gasteiger partial charge in [0.15, 0.2) is 0 Å². The lowest BCUT2D eigenvalue weighted by Crippen LogP contribution is -2.21. The highest BCUT2D eigenvalue weighted by Crippen LogP contribution is 2.56. The Morgan fingerprint density at radius 2 is 1.11 bits per heavy atom. The van der Waals surface area contributed by atoms with Gasteiger partial charge in [0, 0.05) is 27.7 Å². The number of rotatable bonds is 6. The molecule has 9 rings (SSSR count). The van der Waals surface area contributed by atoms with Gasteiger partial charge in [0.05, 0.1) is 5.69 Å². The quantitative estimate of drug-likeness (QED) is 0.167. The second kappa shape index (κ2) is 13.3. The van der Waals surface area contributed by atoms with Crippen LogP contribution in [-0.4, -0.2) is 0 Å². The van der Waals surface area contributed by atoms with E-state index in [0.29, 0.717) is 0 Å². The smallest absolute Gasteiger partial charge is 0.0618 e. The summed E-state index contributed by atoms with van der Waals surface area (Å²) in [6.07, 6.45) is 13.5. The van der Waals surface area contributed by atoms with Crippen LogP contribution in [0.25, 0.3) is 38.6 Å². The molecule has 0 atom stereocenters. The average molecular weight is 700 g/mol. The molecule has 0 radical (unpaired) electrons. The molecule has 0 unspecified atom stereocenters. The van der Waals surface area contributed by atoms with Crippen molar-refractivity contribution in [2.45, 2.75) is 71.1 Å². The summed E-state index contributed by atoms with van der Waals surface area (Å²) in [5.74, 6) is 0. The Labute approximate surface area is 321 Å². The molecule has 0 N–H and O–H groups in total. The van der Waals surface area contributed by atoms with Crippen LogP contribution in [0.2, 0.25) is 0 Å². The van der Waals surface area contributed by atoms with Gasteiger partial charge in [-0.05, 0) is 116 Å². The van der Waals surface area contributed by atoms with Gasteiger partial charge in [-0.25, -0.2) is 0 Å². The third-order valence-corrected chi connectivity index (χ3v) is 12.1. The molecule has 0 saturated heterocycles. The number of hydrogen-bond acceptors (Lipinski definition) is 1.